The summed E-state index contributed by atoms with van der Waals surface area (Å²) in [6.07, 6.45) is 6.08. The summed E-state index contributed by atoms with van der Waals surface area (Å²) in [7, 11) is 0. The topological polar surface area (TPSA) is 187 Å². The van der Waals surface area contributed by atoms with Gasteiger partial charge in [-0.3, -0.25) is 9.59 Å². The first-order chi connectivity index (χ1) is 26.1. The molecule has 14 nitrogen and oxygen atoms in total. The molecule has 2 fully saturated rings. The van der Waals surface area contributed by atoms with Gasteiger partial charge in [-0.2, -0.15) is 5.06 Å². The minimum absolute atomic E-state index is 0.136. The number of carbonyl (C=O) groups excluding carboxylic acids is 4. The van der Waals surface area contributed by atoms with Crippen molar-refractivity contribution in [2.45, 2.75) is 161 Å². The molecule has 4 amide bonds. The lowest BCUT2D eigenvalue weighted by Gasteiger charge is -2.50. The van der Waals surface area contributed by atoms with Gasteiger partial charge in [0.05, 0.1) is 12.0 Å². The summed E-state index contributed by atoms with van der Waals surface area (Å²) in [4.78, 5) is 66.8. The molecule has 3 rings (SSSR count). The fourth-order valence-corrected chi connectivity index (χ4v) is 7.69. The number of alkyl carbamates (subject to hydrolysis) is 2. The van der Waals surface area contributed by atoms with Crippen molar-refractivity contribution in [1.82, 2.24) is 25.9 Å². The maximum atomic E-state index is 14.2. The predicted molar refractivity (Wildman–Crippen MR) is 213 cm³/mol. The third kappa shape index (κ3) is 14.7. The van der Waals surface area contributed by atoms with Crippen LogP contribution < -0.4 is 16.0 Å². The Morgan fingerprint density at radius 3 is 2.18 bits per heavy atom. The Hall–Kier alpha value is -4.17. The predicted octanol–water partition coefficient (Wildman–Crippen LogP) is 6.21. The largest absolute Gasteiger partial charge is 0.480 e. The van der Waals surface area contributed by atoms with Crippen LogP contribution in [-0.2, 0) is 30.3 Å². The van der Waals surface area contributed by atoms with Gasteiger partial charge >= 0.3 is 18.2 Å². The molecule has 2 aliphatic rings. The van der Waals surface area contributed by atoms with Gasteiger partial charge in [-0.05, 0) is 105 Å². The van der Waals surface area contributed by atoms with E-state index in [1.807, 2.05) is 78.0 Å². The van der Waals surface area contributed by atoms with Gasteiger partial charge in [-0.1, -0.05) is 56.3 Å². The van der Waals surface area contributed by atoms with Crippen LogP contribution in [0.3, 0.4) is 0 Å². The molecule has 0 spiro atoms. The van der Waals surface area contributed by atoms with Crippen LogP contribution in [0.2, 0.25) is 0 Å². The highest BCUT2D eigenvalue weighted by Gasteiger charge is 2.46. The van der Waals surface area contributed by atoms with Crippen molar-refractivity contribution in [2.24, 2.45) is 11.8 Å². The molecular formula is C42H67N5O9. The number of nitrogens with zero attached hydrogens (tertiary/aromatic N) is 2. The minimum Gasteiger partial charge on any atom is -0.480 e. The highest BCUT2D eigenvalue weighted by molar-refractivity contribution is 5.92. The average molecular weight is 786 g/mol. The van der Waals surface area contributed by atoms with Gasteiger partial charge in [0.25, 0.3) is 0 Å². The zero-order chi connectivity index (χ0) is 41.8. The van der Waals surface area contributed by atoms with Crippen LogP contribution in [0.1, 0.15) is 119 Å². The van der Waals surface area contributed by atoms with E-state index in [9.17, 15) is 34.3 Å². The molecular weight excluding hydrogens is 718 g/mol. The van der Waals surface area contributed by atoms with E-state index in [1.54, 1.807) is 31.7 Å². The lowest BCUT2D eigenvalue weighted by Crippen LogP contribution is -2.60. The number of benzene rings is 1. The first-order valence-corrected chi connectivity index (χ1v) is 20.1. The zero-order valence-electron chi connectivity index (χ0n) is 34.9. The van der Waals surface area contributed by atoms with Crippen LogP contribution in [0.4, 0.5) is 9.59 Å². The van der Waals surface area contributed by atoms with Gasteiger partial charge in [0.2, 0.25) is 11.8 Å². The fourth-order valence-electron chi connectivity index (χ4n) is 7.69. The van der Waals surface area contributed by atoms with Crippen LogP contribution in [0, 0.1) is 11.8 Å². The highest BCUT2D eigenvalue weighted by atomic mass is 16.6. The molecule has 56 heavy (non-hydrogen) atoms. The fraction of sp³-hybridized carbons (Fsp3) is 0.690. The second-order valence-electron chi connectivity index (χ2n) is 17.9. The summed E-state index contributed by atoms with van der Waals surface area (Å²) >= 11 is 0. The normalized spacial score (nSPS) is 20.3. The van der Waals surface area contributed by atoms with Gasteiger partial charge in [-0.25, -0.2) is 14.4 Å². The Labute approximate surface area is 333 Å². The molecule has 14 heteroatoms. The van der Waals surface area contributed by atoms with Crippen molar-refractivity contribution in [2.75, 3.05) is 13.1 Å². The highest BCUT2D eigenvalue weighted by Crippen LogP contribution is 2.38. The maximum Gasteiger partial charge on any atom is 0.408 e. The summed E-state index contributed by atoms with van der Waals surface area (Å²) in [6.45, 7) is 17.6. The SMILES string of the molecule is CC(C)C[C@@H](/C=C/[C@H](Cc1ccccc1)C(=O)N1CCC[C@H]1C(=O)N[C@H](CCCCNC(=O)OC1CC(C)(C)N(O)C(C)(C)C1)C(=O)O)NC(=O)OC(C)(C)C. The minimum atomic E-state index is -1.18. The zero-order valence-corrected chi connectivity index (χ0v) is 34.9. The molecule has 2 heterocycles. The third-order valence-corrected chi connectivity index (χ3v) is 10.1. The number of amides is 4. The second-order valence-corrected chi connectivity index (χ2v) is 17.9. The number of likely N-dealkylation sites (tertiary alicyclic amines) is 1. The number of carbonyl (C=O) groups is 5. The van der Waals surface area contributed by atoms with Gasteiger partial charge in [-0.15, -0.1) is 0 Å². The van der Waals surface area contributed by atoms with Crippen LogP contribution in [0.15, 0.2) is 42.5 Å². The van der Waals surface area contributed by atoms with E-state index >= 15 is 0 Å². The smallest absolute Gasteiger partial charge is 0.408 e. The molecule has 0 aromatic heterocycles. The number of unbranched alkanes of at least 4 members (excludes halogenated alkanes) is 1. The standard InChI is InChI=1S/C42H67N5O9/c1-28(2)24-31(44-39(53)56-40(3,4)5)21-20-30(25-29-16-11-10-12-17-29)36(49)46-23-15-19-34(46)35(48)45-33(37(50)51)18-13-14-22-43-38(52)55-32-26-41(6,7)47(54)42(8,9)27-32/h10-12,16-17,20-21,28,30-34,54H,13-15,18-19,22-27H2,1-9H3,(H,43,52)(H,44,53)(H,45,48)(H,50,51)/b21-20+/t30-,31-,33-,34+/m1/s1. The summed E-state index contributed by atoms with van der Waals surface area (Å²) in [6, 6.07) is 7.18. The number of hydrogen-bond acceptors (Lipinski definition) is 9. The van der Waals surface area contributed by atoms with E-state index in [0.29, 0.717) is 57.9 Å². The van der Waals surface area contributed by atoms with E-state index in [1.165, 1.54) is 5.06 Å². The van der Waals surface area contributed by atoms with Crippen LogP contribution in [0.25, 0.3) is 0 Å². The van der Waals surface area contributed by atoms with E-state index in [-0.39, 0.29) is 30.9 Å². The van der Waals surface area contributed by atoms with Crippen LogP contribution >= 0.6 is 0 Å². The molecule has 2 saturated heterocycles. The van der Waals surface area contributed by atoms with Crippen molar-refractivity contribution in [3.05, 3.63) is 48.0 Å². The quantitative estimate of drug-likeness (QED) is 0.0899. The molecule has 0 aliphatic carbocycles. The first-order valence-electron chi connectivity index (χ1n) is 20.1. The second kappa shape index (κ2) is 20.3. The molecule has 0 radical (unpaired) electrons. The van der Waals surface area contributed by atoms with E-state index < -0.39 is 64.8 Å². The van der Waals surface area contributed by atoms with Crippen molar-refractivity contribution in [1.29, 1.82) is 0 Å². The number of nitrogens with one attached hydrogen (secondary N) is 3. The Balaban J connectivity index is 1.61. The Bertz CT molecular complexity index is 1490. The molecule has 0 unspecified atom stereocenters. The average Bonchev–Trinajstić information content (AvgIpc) is 3.57. The summed E-state index contributed by atoms with van der Waals surface area (Å²) in [5, 5.41) is 30.1. The number of carboxylic acid groups (broad SMARTS) is 1. The van der Waals surface area contributed by atoms with Crippen LogP contribution in [0.5, 0.6) is 0 Å². The summed E-state index contributed by atoms with van der Waals surface area (Å²) in [5.41, 5.74) is -0.863. The number of piperidine rings is 1. The number of hydrogen-bond donors (Lipinski definition) is 5. The lowest BCUT2D eigenvalue weighted by molar-refractivity contribution is -0.256. The van der Waals surface area contributed by atoms with Crippen LogP contribution in [-0.4, -0.2) is 104 Å². The van der Waals surface area contributed by atoms with Crippen molar-refractivity contribution in [3.63, 3.8) is 0 Å². The Kier molecular flexibility index (Phi) is 16.8. The van der Waals surface area contributed by atoms with Gasteiger partial charge in [0.1, 0.15) is 23.8 Å². The van der Waals surface area contributed by atoms with Gasteiger partial charge < -0.3 is 40.6 Å². The molecule has 5 N–H and O–H groups in total. The van der Waals surface area contributed by atoms with Gasteiger partial charge in [0.15, 0.2) is 0 Å². The molecule has 2 aliphatic heterocycles. The summed E-state index contributed by atoms with van der Waals surface area (Å²) < 4.78 is 11.1. The summed E-state index contributed by atoms with van der Waals surface area (Å²) in [5.74, 6) is -2.35. The number of hydroxylamine groups is 2. The van der Waals surface area contributed by atoms with Crippen molar-refractivity contribution >= 4 is 30.0 Å². The third-order valence-electron chi connectivity index (χ3n) is 10.1. The Morgan fingerprint density at radius 2 is 1.59 bits per heavy atom. The number of carboxylic acids is 1. The molecule has 0 saturated carbocycles. The van der Waals surface area contributed by atoms with Crippen molar-refractivity contribution < 1.29 is 43.8 Å². The van der Waals surface area contributed by atoms with Gasteiger partial charge in [0, 0.05) is 37.0 Å². The molecule has 1 aromatic carbocycles. The first kappa shape index (κ1) is 46.2. The number of rotatable bonds is 17. The monoisotopic (exact) mass is 785 g/mol. The number of ether oxygens (including phenoxy) is 2. The molecule has 314 valence electrons. The number of aliphatic carboxylic acids is 1. The van der Waals surface area contributed by atoms with E-state index in [2.05, 4.69) is 16.0 Å². The molecule has 4 atom stereocenters. The molecule has 0 bridgehead atoms. The Morgan fingerprint density at radius 1 is 0.946 bits per heavy atom. The van der Waals surface area contributed by atoms with Crippen molar-refractivity contribution in [3.8, 4) is 0 Å². The molecule has 1 aromatic rings. The van der Waals surface area contributed by atoms with E-state index in [4.69, 9.17) is 9.47 Å². The van der Waals surface area contributed by atoms with E-state index in [0.717, 1.165) is 5.56 Å². The lowest BCUT2D eigenvalue weighted by atomic mass is 9.80. The maximum absolute atomic E-state index is 14.2.